The van der Waals surface area contributed by atoms with Crippen molar-refractivity contribution in [3.05, 3.63) is 52.6 Å². The van der Waals surface area contributed by atoms with Crippen LogP contribution in [0.25, 0.3) is 0 Å². The molecule has 1 aromatic carbocycles. The normalized spacial score (nSPS) is 20.2. The maximum atomic E-state index is 12.9. The van der Waals surface area contributed by atoms with Gasteiger partial charge >= 0.3 is 0 Å². The van der Waals surface area contributed by atoms with Crippen molar-refractivity contribution < 1.29 is 9.53 Å². The second kappa shape index (κ2) is 6.40. The molecule has 2 aromatic rings. The van der Waals surface area contributed by atoms with Crippen molar-refractivity contribution in [2.75, 3.05) is 19.8 Å². The van der Waals surface area contributed by atoms with Crippen LogP contribution in [0.15, 0.2) is 24.4 Å². The Labute approximate surface area is 142 Å². The van der Waals surface area contributed by atoms with E-state index in [-0.39, 0.29) is 11.9 Å². The van der Waals surface area contributed by atoms with Crippen LogP contribution >= 0.6 is 0 Å². The number of nitrogens with one attached hydrogen (secondary N) is 1. The Bertz CT molecular complexity index is 753. The fourth-order valence-corrected chi connectivity index (χ4v) is 3.74. The van der Waals surface area contributed by atoms with Gasteiger partial charge in [-0.2, -0.15) is 0 Å². The van der Waals surface area contributed by atoms with E-state index in [9.17, 15) is 4.79 Å². The summed E-state index contributed by atoms with van der Waals surface area (Å²) < 4.78 is 5.58. The lowest BCUT2D eigenvalue weighted by Crippen LogP contribution is -2.44. The number of amides is 1. The molecule has 0 saturated carbocycles. The lowest BCUT2D eigenvalue weighted by molar-refractivity contribution is -0.139. The van der Waals surface area contributed by atoms with Crippen LogP contribution in [-0.4, -0.2) is 40.5 Å². The molecule has 2 aliphatic rings. The van der Waals surface area contributed by atoms with Crippen molar-refractivity contribution in [3.8, 4) is 0 Å². The summed E-state index contributed by atoms with van der Waals surface area (Å²) in [6.07, 6.45) is 5.79. The molecule has 1 saturated heterocycles. The highest BCUT2D eigenvalue weighted by Crippen LogP contribution is 2.25. The predicted molar refractivity (Wildman–Crippen MR) is 90.8 cm³/mol. The van der Waals surface area contributed by atoms with E-state index < -0.39 is 0 Å². The summed E-state index contributed by atoms with van der Waals surface area (Å²) in [5, 5.41) is 0. The number of rotatable bonds is 3. The van der Waals surface area contributed by atoms with Gasteiger partial charge in [-0.3, -0.25) is 4.79 Å². The van der Waals surface area contributed by atoms with Gasteiger partial charge in [-0.25, -0.2) is 4.98 Å². The number of imidazole rings is 1. The molecule has 0 bridgehead atoms. The number of morpholine rings is 1. The van der Waals surface area contributed by atoms with E-state index in [0.29, 0.717) is 26.2 Å². The molecule has 24 heavy (non-hydrogen) atoms. The third kappa shape index (κ3) is 2.96. The minimum absolute atomic E-state index is 0.116. The molecule has 2 heterocycles. The van der Waals surface area contributed by atoms with Gasteiger partial charge in [0.05, 0.1) is 19.6 Å². The lowest BCUT2D eigenvalue weighted by atomic mass is 10.0. The van der Waals surface area contributed by atoms with Gasteiger partial charge in [0.25, 0.3) is 0 Å². The first kappa shape index (κ1) is 15.4. The fourth-order valence-electron chi connectivity index (χ4n) is 3.74. The number of benzene rings is 1. The van der Waals surface area contributed by atoms with E-state index in [1.54, 1.807) is 6.20 Å². The number of carbonyl (C=O) groups excluding carboxylic acids is 1. The number of aromatic nitrogens is 2. The number of aryl methyl sites for hydroxylation is 3. The van der Waals surface area contributed by atoms with E-state index in [0.717, 1.165) is 23.5 Å². The van der Waals surface area contributed by atoms with Gasteiger partial charge in [0.15, 0.2) is 0 Å². The Morgan fingerprint density at radius 1 is 1.38 bits per heavy atom. The molecule has 1 aliphatic carbocycles. The minimum Gasteiger partial charge on any atom is -0.377 e. The molecule has 1 aliphatic heterocycles. The van der Waals surface area contributed by atoms with Gasteiger partial charge in [0.2, 0.25) is 5.91 Å². The van der Waals surface area contributed by atoms with Crippen LogP contribution < -0.4 is 0 Å². The summed E-state index contributed by atoms with van der Waals surface area (Å²) in [5.41, 5.74) is 4.98. The molecule has 1 aromatic heterocycles. The molecule has 5 heteroatoms. The van der Waals surface area contributed by atoms with Crippen LogP contribution in [0.1, 0.15) is 40.7 Å². The van der Waals surface area contributed by atoms with Crippen LogP contribution in [0, 0.1) is 6.92 Å². The molecule has 1 atom stereocenters. The summed E-state index contributed by atoms with van der Waals surface area (Å²) in [6.45, 7) is 3.68. The van der Waals surface area contributed by atoms with Gasteiger partial charge < -0.3 is 14.6 Å². The first-order valence-electron chi connectivity index (χ1n) is 8.70. The van der Waals surface area contributed by atoms with Crippen molar-refractivity contribution in [1.82, 2.24) is 14.9 Å². The van der Waals surface area contributed by atoms with Crippen molar-refractivity contribution in [1.29, 1.82) is 0 Å². The van der Waals surface area contributed by atoms with Crippen LogP contribution in [-0.2, 0) is 28.8 Å². The Hall–Kier alpha value is -2.14. The Balaban J connectivity index is 1.51. The highest BCUT2D eigenvalue weighted by molar-refractivity contribution is 5.79. The van der Waals surface area contributed by atoms with Crippen LogP contribution in [0.2, 0.25) is 0 Å². The van der Waals surface area contributed by atoms with Gasteiger partial charge in [0.1, 0.15) is 11.9 Å². The molecular weight excluding hydrogens is 302 g/mol. The number of ether oxygens (including phenoxy) is 1. The topological polar surface area (TPSA) is 58.2 Å². The molecule has 5 nitrogen and oxygen atoms in total. The summed E-state index contributed by atoms with van der Waals surface area (Å²) in [5.74, 6) is 0.963. The first-order valence-corrected chi connectivity index (χ1v) is 8.70. The second-order valence-electron chi connectivity index (χ2n) is 6.76. The quantitative estimate of drug-likeness (QED) is 0.942. The molecule has 0 radical (unpaired) electrons. The molecule has 0 spiro atoms. The molecule has 4 rings (SSSR count). The van der Waals surface area contributed by atoms with E-state index in [1.807, 2.05) is 11.8 Å². The molecule has 1 N–H and O–H groups in total. The predicted octanol–water partition coefficient (Wildman–Crippen LogP) is 2.35. The summed E-state index contributed by atoms with van der Waals surface area (Å²) >= 11 is 0. The molecular formula is C19H23N3O2. The second-order valence-corrected chi connectivity index (χ2v) is 6.76. The molecule has 1 fully saturated rings. The number of fused-ring (bicyclic) bond motifs is 1. The monoisotopic (exact) mass is 325 g/mol. The number of aromatic amines is 1. The lowest BCUT2D eigenvalue weighted by Gasteiger charge is -2.34. The standard InChI is InChI=1S/C19H23N3O2/c1-13-11-20-19(21-13)17-12-24-8-7-22(17)18(23)10-14-5-6-15-3-2-4-16(15)9-14/h5-6,9,11,17H,2-4,7-8,10,12H2,1H3,(H,20,21)/t17-/m1/s1. The minimum atomic E-state index is -0.116. The van der Waals surface area contributed by atoms with E-state index >= 15 is 0 Å². The third-order valence-electron chi connectivity index (χ3n) is 5.01. The van der Waals surface area contributed by atoms with Gasteiger partial charge in [0, 0.05) is 18.4 Å². The zero-order chi connectivity index (χ0) is 16.5. The maximum Gasteiger partial charge on any atom is 0.227 e. The Morgan fingerprint density at radius 2 is 2.25 bits per heavy atom. The average molecular weight is 325 g/mol. The summed E-state index contributed by atoms with van der Waals surface area (Å²) in [6, 6.07) is 6.40. The molecule has 126 valence electrons. The van der Waals surface area contributed by atoms with Crippen molar-refractivity contribution >= 4 is 5.91 Å². The number of hydrogen-bond acceptors (Lipinski definition) is 3. The van der Waals surface area contributed by atoms with Crippen molar-refractivity contribution in [3.63, 3.8) is 0 Å². The zero-order valence-corrected chi connectivity index (χ0v) is 14.0. The number of carbonyl (C=O) groups is 1. The molecule has 0 unspecified atom stereocenters. The van der Waals surface area contributed by atoms with Crippen molar-refractivity contribution in [2.45, 2.75) is 38.6 Å². The highest BCUT2D eigenvalue weighted by atomic mass is 16.5. The fraction of sp³-hybridized carbons (Fsp3) is 0.474. The smallest absolute Gasteiger partial charge is 0.227 e. The Morgan fingerprint density at radius 3 is 3.08 bits per heavy atom. The number of hydrogen-bond donors (Lipinski definition) is 1. The first-order chi connectivity index (χ1) is 11.7. The highest BCUT2D eigenvalue weighted by Gasteiger charge is 2.30. The van der Waals surface area contributed by atoms with E-state index in [4.69, 9.17) is 4.74 Å². The van der Waals surface area contributed by atoms with Gasteiger partial charge in [-0.15, -0.1) is 0 Å². The van der Waals surface area contributed by atoms with Crippen molar-refractivity contribution in [2.24, 2.45) is 0 Å². The van der Waals surface area contributed by atoms with Crippen LogP contribution in [0.3, 0.4) is 0 Å². The third-order valence-corrected chi connectivity index (χ3v) is 5.01. The molecule has 1 amide bonds. The van der Waals surface area contributed by atoms with E-state index in [2.05, 4.69) is 28.2 Å². The zero-order valence-electron chi connectivity index (χ0n) is 14.0. The summed E-state index contributed by atoms with van der Waals surface area (Å²) in [7, 11) is 0. The van der Waals surface area contributed by atoms with Crippen LogP contribution in [0.4, 0.5) is 0 Å². The largest absolute Gasteiger partial charge is 0.377 e. The van der Waals surface area contributed by atoms with Gasteiger partial charge in [-0.05, 0) is 42.9 Å². The number of nitrogens with zero attached hydrogens (tertiary/aromatic N) is 2. The average Bonchev–Trinajstić information content (AvgIpc) is 3.23. The summed E-state index contributed by atoms with van der Waals surface area (Å²) in [4.78, 5) is 22.4. The van der Waals surface area contributed by atoms with E-state index in [1.165, 1.54) is 24.0 Å². The Kier molecular flexibility index (Phi) is 4.10. The van der Waals surface area contributed by atoms with Crippen LogP contribution in [0.5, 0.6) is 0 Å². The maximum absolute atomic E-state index is 12.9. The number of H-pyrrole nitrogens is 1. The van der Waals surface area contributed by atoms with Gasteiger partial charge in [-0.1, -0.05) is 18.2 Å². The SMILES string of the molecule is Cc1cnc([C@H]2COCCN2C(=O)Cc2ccc3c(c2)CCC3)[nH]1.